The highest BCUT2D eigenvalue weighted by Crippen LogP contribution is 2.27. The van der Waals surface area contributed by atoms with Crippen molar-refractivity contribution in [3.05, 3.63) is 51.5 Å². The number of aryl methyl sites for hydroxylation is 1. The van der Waals surface area contributed by atoms with Crippen molar-refractivity contribution in [3.8, 4) is 0 Å². The van der Waals surface area contributed by atoms with E-state index in [0.29, 0.717) is 10.8 Å². The van der Waals surface area contributed by atoms with E-state index in [-0.39, 0.29) is 16.4 Å². The molecule has 7 nitrogen and oxygen atoms in total. The number of carbonyl (C=O) groups is 1. The summed E-state index contributed by atoms with van der Waals surface area (Å²) >= 11 is 11.6. The molecule has 0 saturated carbocycles. The molecule has 9 heteroatoms. The summed E-state index contributed by atoms with van der Waals surface area (Å²) in [6, 6.07) is 5.76. The van der Waals surface area contributed by atoms with Crippen LogP contribution in [0.3, 0.4) is 0 Å². The third kappa shape index (κ3) is 3.63. The van der Waals surface area contributed by atoms with Gasteiger partial charge in [-0.3, -0.25) is 0 Å². The first-order valence-corrected chi connectivity index (χ1v) is 6.61. The maximum Gasteiger partial charge on any atom is 0.360 e. The average molecular weight is 342 g/mol. The van der Waals surface area contributed by atoms with Gasteiger partial charge in [0.15, 0.2) is 11.5 Å². The SMILES string of the molecule is Cc1cc(/C(O)=C(\N=Nc2ccc(Cl)c(Cl)c2)C(=O)O)no1. The van der Waals surface area contributed by atoms with Crippen molar-refractivity contribution in [1.29, 1.82) is 0 Å². The quantitative estimate of drug-likeness (QED) is 0.487. The number of hydrogen-bond acceptors (Lipinski definition) is 6. The van der Waals surface area contributed by atoms with Crippen LogP contribution in [-0.2, 0) is 4.79 Å². The monoisotopic (exact) mass is 341 g/mol. The normalized spacial score (nSPS) is 12.5. The van der Waals surface area contributed by atoms with Crippen LogP contribution in [0.4, 0.5) is 5.69 Å². The molecular formula is C13H9Cl2N3O4. The molecule has 0 saturated heterocycles. The Bertz CT molecular complexity index is 783. The number of azo groups is 1. The first kappa shape index (κ1) is 16.0. The Morgan fingerprint density at radius 3 is 2.50 bits per heavy atom. The summed E-state index contributed by atoms with van der Waals surface area (Å²) in [4.78, 5) is 11.2. The first-order valence-electron chi connectivity index (χ1n) is 5.85. The Morgan fingerprint density at radius 2 is 1.95 bits per heavy atom. The highest BCUT2D eigenvalue weighted by atomic mass is 35.5. The molecule has 0 atom stereocenters. The zero-order valence-electron chi connectivity index (χ0n) is 11.1. The van der Waals surface area contributed by atoms with E-state index < -0.39 is 17.4 Å². The summed E-state index contributed by atoms with van der Waals surface area (Å²) in [6.45, 7) is 1.60. The average Bonchev–Trinajstić information content (AvgIpc) is 2.89. The molecule has 1 aromatic carbocycles. The molecule has 0 bridgehead atoms. The van der Waals surface area contributed by atoms with Crippen LogP contribution < -0.4 is 0 Å². The number of hydrogen-bond donors (Lipinski definition) is 2. The van der Waals surface area contributed by atoms with E-state index in [9.17, 15) is 9.90 Å². The molecule has 0 aliphatic heterocycles. The van der Waals surface area contributed by atoms with Crippen molar-refractivity contribution in [2.24, 2.45) is 10.2 Å². The van der Waals surface area contributed by atoms with Crippen molar-refractivity contribution in [2.45, 2.75) is 6.92 Å². The van der Waals surface area contributed by atoms with E-state index in [4.69, 9.17) is 32.8 Å². The molecule has 0 radical (unpaired) electrons. The number of rotatable bonds is 4. The number of aromatic nitrogens is 1. The molecule has 2 rings (SSSR count). The number of aliphatic carboxylic acids is 1. The molecular weight excluding hydrogens is 333 g/mol. The van der Waals surface area contributed by atoms with Gasteiger partial charge >= 0.3 is 5.97 Å². The van der Waals surface area contributed by atoms with Crippen LogP contribution in [-0.4, -0.2) is 21.3 Å². The Hall–Kier alpha value is -2.38. The molecule has 0 amide bonds. The van der Waals surface area contributed by atoms with Gasteiger partial charge in [0.2, 0.25) is 5.70 Å². The minimum absolute atomic E-state index is 0.0528. The zero-order chi connectivity index (χ0) is 16.3. The lowest BCUT2D eigenvalue weighted by atomic mass is 10.2. The largest absolute Gasteiger partial charge is 0.504 e. The summed E-state index contributed by atoms with van der Waals surface area (Å²) in [5, 5.41) is 30.3. The van der Waals surface area contributed by atoms with Crippen molar-refractivity contribution in [1.82, 2.24) is 5.16 Å². The fraction of sp³-hybridized carbons (Fsp3) is 0.0769. The Kier molecular flexibility index (Phi) is 4.79. The third-order valence-corrected chi connectivity index (χ3v) is 3.21. The van der Waals surface area contributed by atoms with Gasteiger partial charge in [-0.1, -0.05) is 28.4 Å². The minimum atomic E-state index is -1.47. The van der Waals surface area contributed by atoms with Crippen molar-refractivity contribution in [2.75, 3.05) is 0 Å². The predicted octanol–water partition coefficient (Wildman–Crippen LogP) is 4.38. The van der Waals surface area contributed by atoms with Gasteiger partial charge in [0.25, 0.3) is 0 Å². The van der Waals surface area contributed by atoms with Crippen LogP contribution in [0.25, 0.3) is 5.76 Å². The Morgan fingerprint density at radius 1 is 1.23 bits per heavy atom. The summed E-state index contributed by atoms with van der Waals surface area (Å²) in [5.74, 6) is -1.72. The highest BCUT2D eigenvalue weighted by molar-refractivity contribution is 6.42. The van der Waals surface area contributed by atoms with E-state index in [0.717, 1.165) is 0 Å². The van der Waals surface area contributed by atoms with Crippen molar-refractivity contribution >= 4 is 40.6 Å². The summed E-state index contributed by atoms with van der Waals surface area (Å²) < 4.78 is 4.77. The van der Waals surface area contributed by atoms with Crippen LogP contribution in [0, 0.1) is 6.92 Å². The second-order valence-electron chi connectivity index (χ2n) is 4.12. The van der Waals surface area contributed by atoms with E-state index in [1.165, 1.54) is 24.3 Å². The Balaban J connectivity index is 2.38. The predicted molar refractivity (Wildman–Crippen MR) is 79.4 cm³/mol. The summed E-state index contributed by atoms with van der Waals surface area (Å²) in [7, 11) is 0. The molecule has 0 unspecified atom stereocenters. The van der Waals surface area contributed by atoms with Gasteiger partial charge in [0.05, 0.1) is 15.7 Å². The molecule has 22 heavy (non-hydrogen) atoms. The van der Waals surface area contributed by atoms with E-state index in [1.54, 1.807) is 6.92 Å². The number of carboxylic acids is 1. The maximum atomic E-state index is 11.2. The maximum absolute atomic E-state index is 11.2. The van der Waals surface area contributed by atoms with Gasteiger partial charge in [-0.2, -0.15) is 5.11 Å². The summed E-state index contributed by atoms with van der Waals surface area (Å²) in [5.41, 5.74) is -0.459. The van der Waals surface area contributed by atoms with Crippen molar-refractivity contribution in [3.63, 3.8) is 0 Å². The highest BCUT2D eigenvalue weighted by Gasteiger charge is 2.18. The number of aliphatic hydroxyl groups is 1. The van der Waals surface area contributed by atoms with Gasteiger partial charge in [-0.25, -0.2) is 4.79 Å². The topological polar surface area (TPSA) is 108 Å². The standard InChI is InChI=1S/C13H9Cl2N3O4/c1-6-4-10(18-22-6)12(19)11(13(20)21)17-16-7-2-3-8(14)9(15)5-7/h2-5,19H,1H3,(H,20,21)/b12-11+,17-16?. The van der Waals surface area contributed by atoms with E-state index in [2.05, 4.69) is 15.4 Å². The number of aliphatic hydroxyl groups excluding tert-OH is 1. The third-order valence-electron chi connectivity index (χ3n) is 2.47. The molecule has 2 aromatic rings. The number of carboxylic acid groups (broad SMARTS) is 1. The molecule has 114 valence electrons. The fourth-order valence-electron chi connectivity index (χ4n) is 1.45. The van der Waals surface area contributed by atoms with Crippen LogP contribution in [0.15, 0.2) is 44.7 Å². The second-order valence-corrected chi connectivity index (χ2v) is 4.94. The molecule has 1 heterocycles. The minimum Gasteiger partial charge on any atom is -0.504 e. The first-order chi connectivity index (χ1) is 10.4. The smallest absolute Gasteiger partial charge is 0.360 e. The molecule has 0 aliphatic rings. The van der Waals surface area contributed by atoms with E-state index in [1.807, 2.05) is 0 Å². The van der Waals surface area contributed by atoms with Crippen LogP contribution in [0.2, 0.25) is 10.0 Å². The molecule has 0 fully saturated rings. The molecule has 0 spiro atoms. The fourth-order valence-corrected chi connectivity index (χ4v) is 1.74. The van der Waals surface area contributed by atoms with Gasteiger partial charge in [-0.05, 0) is 25.1 Å². The lowest BCUT2D eigenvalue weighted by Gasteiger charge is -1.99. The zero-order valence-corrected chi connectivity index (χ0v) is 12.6. The van der Waals surface area contributed by atoms with Crippen molar-refractivity contribution < 1.29 is 19.5 Å². The summed E-state index contributed by atoms with van der Waals surface area (Å²) in [6.07, 6.45) is 0. The second kappa shape index (κ2) is 6.59. The lowest BCUT2D eigenvalue weighted by molar-refractivity contribution is -0.132. The van der Waals surface area contributed by atoms with E-state index >= 15 is 0 Å². The number of halogens is 2. The van der Waals surface area contributed by atoms with Crippen LogP contribution in [0.5, 0.6) is 0 Å². The van der Waals surface area contributed by atoms with Gasteiger partial charge < -0.3 is 14.7 Å². The van der Waals surface area contributed by atoms with Gasteiger partial charge in [0.1, 0.15) is 5.76 Å². The van der Waals surface area contributed by atoms with Gasteiger partial charge in [-0.15, -0.1) is 5.11 Å². The van der Waals surface area contributed by atoms with Crippen LogP contribution in [0.1, 0.15) is 11.5 Å². The molecule has 1 aromatic heterocycles. The van der Waals surface area contributed by atoms with Gasteiger partial charge in [0, 0.05) is 6.07 Å². The number of benzene rings is 1. The molecule has 2 N–H and O–H groups in total. The Labute approximate surface area is 134 Å². The lowest BCUT2D eigenvalue weighted by Crippen LogP contribution is -2.02. The van der Waals surface area contributed by atoms with Crippen LogP contribution >= 0.6 is 23.2 Å². The molecule has 0 aliphatic carbocycles. The number of nitrogens with zero attached hydrogens (tertiary/aromatic N) is 3.